The number of nitrogens with zero attached hydrogens (tertiary/aromatic N) is 2. The first-order valence-electron chi connectivity index (χ1n) is 7.00. The second kappa shape index (κ2) is 5.27. The van der Waals surface area contributed by atoms with Gasteiger partial charge >= 0.3 is 0 Å². The first kappa shape index (κ1) is 14.3. The van der Waals surface area contributed by atoms with Gasteiger partial charge in [-0.25, -0.2) is 0 Å². The highest BCUT2D eigenvalue weighted by atomic mass is 32.1. The average molecular weight is 306 g/mol. The zero-order chi connectivity index (χ0) is 15.0. The van der Waals surface area contributed by atoms with Crippen LogP contribution in [0.15, 0.2) is 24.3 Å². The molecule has 2 saturated heterocycles. The zero-order valence-electron chi connectivity index (χ0n) is 11.9. The van der Waals surface area contributed by atoms with Gasteiger partial charge in [0, 0.05) is 6.54 Å². The molecule has 1 amide bonds. The first-order valence-corrected chi connectivity index (χ1v) is 7.40. The summed E-state index contributed by atoms with van der Waals surface area (Å²) < 4.78 is 5.20. The summed E-state index contributed by atoms with van der Waals surface area (Å²) in [6.07, 6.45) is 1.55. The molecule has 0 aromatic heterocycles. The maximum atomic E-state index is 12.7. The quantitative estimate of drug-likeness (QED) is 0.846. The van der Waals surface area contributed by atoms with Gasteiger partial charge < -0.3 is 14.7 Å². The van der Waals surface area contributed by atoms with Crippen LogP contribution in [-0.4, -0.2) is 51.7 Å². The smallest absolute Gasteiger partial charge is 0.257 e. The van der Waals surface area contributed by atoms with E-state index < -0.39 is 5.54 Å². The summed E-state index contributed by atoms with van der Waals surface area (Å²) in [7, 11) is 1.61. The molecule has 0 spiro atoms. The number of ether oxygens (including phenoxy) is 1. The van der Waals surface area contributed by atoms with Gasteiger partial charge in [0.15, 0.2) is 5.11 Å². The van der Waals surface area contributed by atoms with Gasteiger partial charge in [0.05, 0.1) is 20.3 Å². The minimum atomic E-state index is -0.823. The lowest BCUT2D eigenvalue weighted by Crippen LogP contribution is -2.48. The van der Waals surface area contributed by atoms with Crippen molar-refractivity contribution in [3.8, 4) is 5.75 Å². The SMILES string of the molecule is COc1cccc(CN2C(=O)[C@]3(CO)CCCN3C2=S)c1. The van der Waals surface area contributed by atoms with E-state index in [0.717, 1.165) is 24.3 Å². The van der Waals surface area contributed by atoms with Crippen LogP contribution in [0.3, 0.4) is 0 Å². The van der Waals surface area contributed by atoms with Gasteiger partial charge in [0.25, 0.3) is 5.91 Å². The predicted octanol–water partition coefficient (Wildman–Crippen LogP) is 1.15. The Hall–Kier alpha value is -1.66. The normalized spacial score (nSPS) is 24.7. The second-order valence-corrected chi connectivity index (χ2v) is 5.84. The van der Waals surface area contributed by atoms with Gasteiger partial charge in [-0.15, -0.1) is 0 Å². The molecule has 6 heteroatoms. The summed E-state index contributed by atoms with van der Waals surface area (Å²) in [5.41, 5.74) is 0.134. The minimum absolute atomic E-state index is 0.0877. The number of amides is 1. The lowest BCUT2D eigenvalue weighted by molar-refractivity contribution is -0.134. The number of hydrogen-bond donors (Lipinski definition) is 1. The van der Waals surface area contributed by atoms with Crippen molar-refractivity contribution in [3.63, 3.8) is 0 Å². The molecule has 1 aromatic carbocycles. The standard InChI is InChI=1S/C15H18N2O3S/c1-20-12-5-2-4-11(8-12)9-16-13(19)15(10-18)6-3-7-17(15)14(16)21/h2,4-5,8,18H,3,6-7,9-10H2,1H3/t15-/m1/s1. The Morgan fingerprint density at radius 3 is 2.95 bits per heavy atom. The van der Waals surface area contributed by atoms with Crippen LogP contribution >= 0.6 is 12.2 Å². The van der Waals surface area contributed by atoms with Crippen LogP contribution in [0.4, 0.5) is 0 Å². The number of carbonyl (C=O) groups is 1. The Kier molecular flexibility index (Phi) is 3.59. The van der Waals surface area contributed by atoms with Crippen LogP contribution in [0, 0.1) is 0 Å². The number of methoxy groups -OCH3 is 1. The number of aliphatic hydroxyl groups excluding tert-OH is 1. The van der Waals surface area contributed by atoms with Gasteiger partial charge in [-0.3, -0.25) is 9.69 Å². The molecular formula is C15H18N2O3S. The lowest BCUT2D eigenvalue weighted by Gasteiger charge is -2.26. The number of fused-ring (bicyclic) bond motifs is 1. The van der Waals surface area contributed by atoms with Crippen LogP contribution in [0.1, 0.15) is 18.4 Å². The third-order valence-electron chi connectivity index (χ3n) is 4.33. The van der Waals surface area contributed by atoms with Gasteiger partial charge in [-0.05, 0) is 42.8 Å². The van der Waals surface area contributed by atoms with E-state index in [1.54, 1.807) is 12.0 Å². The van der Waals surface area contributed by atoms with Crippen LogP contribution < -0.4 is 4.74 Å². The van der Waals surface area contributed by atoms with E-state index >= 15 is 0 Å². The Balaban J connectivity index is 1.86. The van der Waals surface area contributed by atoms with Crippen molar-refractivity contribution in [1.82, 2.24) is 9.80 Å². The monoisotopic (exact) mass is 306 g/mol. The second-order valence-electron chi connectivity index (χ2n) is 5.47. The van der Waals surface area contributed by atoms with Gasteiger partial charge in [-0.2, -0.15) is 0 Å². The van der Waals surface area contributed by atoms with E-state index in [1.807, 2.05) is 29.2 Å². The molecule has 2 aliphatic heterocycles. The number of thiocarbonyl (C=S) groups is 1. The van der Waals surface area contributed by atoms with E-state index in [4.69, 9.17) is 17.0 Å². The Labute approximate surface area is 129 Å². The molecule has 2 heterocycles. The molecule has 0 aliphatic carbocycles. The molecule has 1 atom stereocenters. The highest BCUT2D eigenvalue weighted by Crippen LogP contribution is 2.38. The zero-order valence-corrected chi connectivity index (χ0v) is 12.7. The topological polar surface area (TPSA) is 53.0 Å². The third-order valence-corrected chi connectivity index (χ3v) is 4.77. The van der Waals surface area contributed by atoms with E-state index in [2.05, 4.69) is 0 Å². The maximum Gasteiger partial charge on any atom is 0.257 e. The lowest BCUT2D eigenvalue weighted by atomic mass is 9.97. The van der Waals surface area contributed by atoms with Gasteiger partial charge in [-0.1, -0.05) is 12.1 Å². The number of rotatable bonds is 4. The summed E-state index contributed by atoms with van der Waals surface area (Å²) in [6, 6.07) is 7.58. The summed E-state index contributed by atoms with van der Waals surface area (Å²) in [6.45, 7) is 0.966. The number of hydrogen-bond acceptors (Lipinski definition) is 4. The molecule has 0 bridgehead atoms. The van der Waals surface area contributed by atoms with E-state index in [9.17, 15) is 9.90 Å². The Morgan fingerprint density at radius 2 is 2.29 bits per heavy atom. The van der Waals surface area contributed by atoms with Crippen molar-refractivity contribution in [2.24, 2.45) is 0 Å². The summed E-state index contributed by atoms with van der Waals surface area (Å²) in [5, 5.41) is 10.2. The number of benzene rings is 1. The molecule has 2 fully saturated rings. The van der Waals surface area contributed by atoms with Crippen LogP contribution in [0.25, 0.3) is 0 Å². The predicted molar refractivity (Wildman–Crippen MR) is 81.9 cm³/mol. The molecule has 21 heavy (non-hydrogen) atoms. The Bertz CT molecular complexity index is 592. The fourth-order valence-electron chi connectivity index (χ4n) is 3.19. The molecule has 112 valence electrons. The molecule has 0 unspecified atom stereocenters. The van der Waals surface area contributed by atoms with Crippen molar-refractivity contribution in [1.29, 1.82) is 0 Å². The highest BCUT2D eigenvalue weighted by molar-refractivity contribution is 7.80. The van der Waals surface area contributed by atoms with Crippen molar-refractivity contribution in [2.75, 3.05) is 20.3 Å². The highest BCUT2D eigenvalue weighted by Gasteiger charge is 2.57. The average Bonchev–Trinajstić information content (AvgIpc) is 3.03. The fourth-order valence-corrected chi connectivity index (χ4v) is 3.60. The maximum absolute atomic E-state index is 12.7. The first-order chi connectivity index (χ1) is 10.1. The van der Waals surface area contributed by atoms with E-state index in [1.165, 1.54) is 0 Å². The summed E-state index contributed by atoms with van der Waals surface area (Å²) in [4.78, 5) is 16.2. The van der Waals surface area contributed by atoms with E-state index in [-0.39, 0.29) is 12.5 Å². The molecule has 5 nitrogen and oxygen atoms in total. The number of aliphatic hydroxyl groups is 1. The van der Waals surface area contributed by atoms with Crippen molar-refractivity contribution >= 4 is 23.2 Å². The number of carbonyl (C=O) groups excluding carboxylic acids is 1. The molecule has 2 aliphatic rings. The van der Waals surface area contributed by atoms with Crippen molar-refractivity contribution in [2.45, 2.75) is 24.9 Å². The Morgan fingerprint density at radius 1 is 1.48 bits per heavy atom. The minimum Gasteiger partial charge on any atom is -0.497 e. The van der Waals surface area contributed by atoms with E-state index in [0.29, 0.717) is 18.1 Å². The molecule has 1 aromatic rings. The molecule has 0 radical (unpaired) electrons. The molecule has 1 N–H and O–H groups in total. The fraction of sp³-hybridized carbons (Fsp3) is 0.467. The van der Waals surface area contributed by atoms with Crippen LogP contribution in [0.5, 0.6) is 5.75 Å². The van der Waals surface area contributed by atoms with Crippen LogP contribution in [-0.2, 0) is 11.3 Å². The summed E-state index contributed by atoms with van der Waals surface area (Å²) in [5.74, 6) is 0.665. The molecular weight excluding hydrogens is 288 g/mol. The molecule has 3 rings (SSSR count). The largest absolute Gasteiger partial charge is 0.497 e. The van der Waals surface area contributed by atoms with Crippen molar-refractivity contribution in [3.05, 3.63) is 29.8 Å². The van der Waals surface area contributed by atoms with Crippen molar-refractivity contribution < 1.29 is 14.6 Å². The van der Waals surface area contributed by atoms with Crippen LogP contribution in [0.2, 0.25) is 0 Å². The molecule has 0 saturated carbocycles. The van der Waals surface area contributed by atoms with Gasteiger partial charge in [0.1, 0.15) is 11.3 Å². The third kappa shape index (κ3) is 2.10. The van der Waals surface area contributed by atoms with Gasteiger partial charge in [0.2, 0.25) is 0 Å². The summed E-state index contributed by atoms with van der Waals surface area (Å²) >= 11 is 5.44.